The van der Waals surface area contributed by atoms with Crippen LogP contribution < -0.4 is 0 Å². The van der Waals surface area contributed by atoms with Gasteiger partial charge in [-0.05, 0) is 30.1 Å². The van der Waals surface area contributed by atoms with Crippen molar-refractivity contribution >= 4 is 12.1 Å². The summed E-state index contributed by atoms with van der Waals surface area (Å²) in [6.07, 6.45) is 7.26. The highest BCUT2D eigenvalue weighted by Gasteiger charge is 2.30. The first-order valence-electron chi connectivity index (χ1n) is 6.63. The van der Waals surface area contributed by atoms with Crippen LogP contribution in [0.25, 0.3) is 0 Å². The maximum Gasteiger partial charge on any atom is 0.159 e. The fourth-order valence-corrected chi connectivity index (χ4v) is 2.99. The quantitative estimate of drug-likeness (QED) is 0.680. The molecular formula is C14H18N2O2. The van der Waals surface area contributed by atoms with Crippen LogP contribution in [0.2, 0.25) is 0 Å². The monoisotopic (exact) mass is 246 g/mol. The molecule has 0 N–H and O–H groups in total. The van der Waals surface area contributed by atoms with Gasteiger partial charge in [0, 0.05) is 38.5 Å². The predicted octanol–water partition coefficient (Wildman–Crippen LogP) is 0.954. The number of nitrogens with zero attached hydrogens (tertiary/aromatic N) is 2. The molecular weight excluding hydrogens is 228 g/mol. The third kappa shape index (κ3) is 2.18. The number of hydrazine groups is 1. The Bertz CT molecular complexity index is 431. The molecule has 0 aromatic heterocycles. The summed E-state index contributed by atoms with van der Waals surface area (Å²) in [7, 11) is 0. The van der Waals surface area contributed by atoms with E-state index in [2.05, 4.69) is 10.0 Å². The highest BCUT2D eigenvalue weighted by atomic mass is 16.1. The maximum atomic E-state index is 11.4. The second kappa shape index (κ2) is 4.78. The molecule has 0 amide bonds. The molecule has 4 nitrogen and oxygen atoms in total. The number of piperidine rings is 1. The molecule has 96 valence electrons. The standard InChI is InChI=1S/C14H18N2O2/c17-10-11-3-5-15(6-4-11)16-8-12-1-2-14(18)7-13(12)9-16/h1-2,10-11H,3-9H2. The molecule has 2 heterocycles. The molecule has 0 aromatic rings. The van der Waals surface area contributed by atoms with Gasteiger partial charge in [0.1, 0.15) is 6.29 Å². The molecule has 1 saturated heterocycles. The molecule has 0 spiro atoms. The molecule has 18 heavy (non-hydrogen) atoms. The Hall–Kier alpha value is -1.26. The minimum Gasteiger partial charge on any atom is -0.303 e. The highest BCUT2D eigenvalue weighted by molar-refractivity contribution is 5.93. The predicted molar refractivity (Wildman–Crippen MR) is 67.7 cm³/mol. The third-order valence-electron chi connectivity index (χ3n) is 4.15. The fourth-order valence-electron chi connectivity index (χ4n) is 2.99. The Morgan fingerprint density at radius 2 is 1.89 bits per heavy atom. The maximum absolute atomic E-state index is 11.4. The van der Waals surface area contributed by atoms with Gasteiger partial charge in [-0.3, -0.25) is 4.79 Å². The SMILES string of the molecule is O=CC1CCN(N2CC3=C(CC(=O)C=C3)C2)CC1. The Morgan fingerprint density at radius 1 is 1.11 bits per heavy atom. The van der Waals surface area contributed by atoms with Crippen LogP contribution in [-0.4, -0.2) is 48.3 Å². The summed E-state index contributed by atoms with van der Waals surface area (Å²) < 4.78 is 0. The molecule has 2 aliphatic heterocycles. The smallest absolute Gasteiger partial charge is 0.159 e. The van der Waals surface area contributed by atoms with E-state index in [-0.39, 0.29) is 11.7 Å². The van der Waals surface area contributed by atoms with Crippen molar-refractivity contribution in [2.75, 3.05) is 26.2 Å². The molecule has 0 aromatic carbocycles. The van der Waals surface area contributed by atoms with E-state index in [1.165, 1.54) is 11.1 Å². The lowest BCUT2D eigenvalue weighted by Crippen LogP contribution is -2.46. The van der Waals surface area contributed by atoms with Crippen molar-refractivity contribution in [1.82, 2.24) is 10.0 Å². The number of hydrogen-bond donors (Lipinski definition) is 0. The summed E-state index contributed by atoms with van der Waals surface area (Å²) in [5.74, 6) is 0.461. The van der Waals surface area contributed by atoms with Crippen LogP contribution in [0.4, 0.5) is 0 Å². The molecule has 0 unspecified atom stereocenters. The van der Waals surface area contributed by atoms with Crippen LogP contribution in [0.15, 0.2) is 23.3 Å². The number of carbonyl (C=O) groups excluding carboxylic acids is 2. The molecule has 0 radical (unpaired) electrons. The molecule has 4 heteroatoms. The zero-order valence-corrected chi connectivity index (χ0v) is 10.5. The normalized spacial score (nSPS) is 26.8. The van der Waals surface area contributed by atoms with Gasteiger partial charge in [-0.15, -0.1) is 0 Å². The lowest BCUT2D eigenvalue weighted by molar-refractivity contribution is -0.115. The second-order valence-electron chi connectivity index (χ2n) is 5.36. The van der Waals surface area contributed by atoms with Crippen molar-refractivity contribution in [1.29, 1.82) is 0 Å². The summed E-state index contributed by atoms with van der Waals surface area (Å²) in [6, 6.07) is 0. The summed E-state index contributed by atoms with van der Waals surface area (Å²) in [6.45, 7) is 3.73. The van der Waals surface area contributed by atoms with E-state index in [0.29, 0.717) is 6.42 Å². The molecule has 0 bridgehead atoms. The fraction of sp³-hybridized carbons (Fsp3) is 0.571. The second-order valence-corrected chi connectivity index (χ2v) is 5.36. The molecule has 0 saturated carbocycles. The zero-order chi connectivity index (χ0) is 12.5. The van der Waals surface area contributed by atoms with Crippen LogP contribution in [0.3, 0.4) is 0 Å². The number of allylic oxidation sites excluding steroid dienone is 1. The summed E-state index contributed by atoms with van der Waals surface area (Å²) >= 11 is 0. The van der Waals surface area contributed by atoms with Gasteiger partial charge in [-0.25, -0.2) is 10.0 Å². The Morgan fingerprint density at radius 3 is 2.61 bits per heavy atom. The van der Waals surface area contributed by atoms with Crippen molar-refractivity contribution in [3.05, 3.63) is 23.3 Å². The van der Waals surface area contributed by atoms with E-state index in [0.717, 1.165) is 45.3 Å². The first-order valence-corrected chi connectivity index (χ1v) is 6.63. The molecule has 0 atom stereocenters. The van der Waals surface area contributed by atoms with Crippen LogP contribution in [0, 0.1) is 5.92 Å². The summed E-state index contributed by atoms with van der Waals surface area (Å²) in [4.78, 5) is 22.1. The van der Waals surface area contributed by atoms with Gasteiger partial charge < -0.3 is 4.79 Å². The topological polar surface area (TPSA) is 40.6 Å². The van der Waals surface area contributed by atoms with E-state index < -0.39 is 0 Å². The van der Waals surface area contributed by atoms with Gasteiger partial charge in [-0.2, -0.15) is 0 Å². The average molecular weight is 246 g/mol. The van der Waals surface area contributed by atoms with E-state index >= 15 is 0 Å². The zero-order valence-electron chi connectivity index (χ0n) is 10.5. The first-order chi connectivity index (χ1) is 8.76. The molecule has 3 rings (SSSR count). The van der Waals surface area contributed by atoms with Crippen LogP contribution in [0.5, 0.6) is 0 Å². The van der Waals surface area contributed by atoms with E-state index in [4.69, 9.17) is 0 Å². The molecule has 1 fully saturated rings. The molecule has 3 aliphatic rings. The van der Waals surface area contributed by atoms with Gasteiger partial charge in [0.25, 0.3) is 0 Å². The Balaban J connectivity index is 1.60. The van der Waals surface area contributed by atoms with Crippen molar-refractivity contribution < 1.29 is 9.59 Å². The van der Waals surface area contributed by atoms with Crippen molar-refractivity contribution in [3.63, 3.8) is 0 Å². The van der Waals surface area contributed by atoms with Crippen LogP contribution >= 0.6 is 0 Å². The number of aldehydes is 1. The minimum absolute atomic E-state index is 0.218. The third-order valence-corrected chi connectivity index (χ3v) is 4.15. The number of ketones is 1. The van der Waals surface area contributed by atoms with E-state index in [9.17, 15) is 9.59 Å². The van der Waals surface area contributed by atoms with Crippen molar-refractivity contribution in [2.45, 2.75) is 19.3 Å². The van der Waals surface area contributed by atoms with Gasteiger partial charge in [0.15, 0.2) is 5.78 Å². The van der Waals surface area contributed by atoms with Crippen LogP contribution in [-0.2, 0) is 9.59 Å². The van der Waals surface area contributed by atoms with Gasteiger partial charge >= 0.3 is 0 Å². The number of hydrogen-bond acceptors (Lipinski definition) is 4. The lowest BCUT2D eigenvalue weighted by atomic mass is 9.99. The minimum atomic E-state index is 0.218. The van der Waals surface area contributed by atoms with E-state index in [1.54, 1.807) is 6.08 Å². The van der Waals surface area contributed by atoms with Crippen molar-refractivity contribution in [2.24, 2.45) is 5.92 Å². The first kappa shape index (κ1) is 11.8. The highest BCUT2D eigenvalue weighted by Crippen LogP contribution is 2.28. The van der Waals surface area contributed by atoms with Gasteiger partial charge in [0.2, 0.25) is 0 Å². The summed E-state index contributed by atoms with van der Waals surface area (Å²) in [5, 5.41) is 4.67. The summed E-state index contributed by atoms with van der Waals surface area (Å²) in [5.41, 5.74) is 2.59. The lowest BCUT2D eigenvalue weighted by Gasteiger charge is -2.36. The van der Waals surface area contributed by atoms with Gasteiger partial charge in [-0.1, -0.05) is 6.08 Å². The Kier molecular flexibility index (Phi) is 3.14. The number of rotatable bonds is 2. The van der Waals surface area contributed by atoms with Gasteiger partial charge in [0.05, 0.1) is 0 Å². The van der Waals surface area contributed by atoms with Crippen LogP contribution in [0.1, 0.15) is 19.3 Å². The molecule has 1 aliphatic carbocycles. The number of carbonyl (C=O) groups is 2. The largest absolute Gasteiger partial charge is 0.303 e. The average Bonchev–Trinajstić information content (AvgIpc) is 2.81. The Labute approximate surface area is 107 Å². The van der Waals surface area contributed by atoms with Crippen molar-refractivity contribution in [3.8, 4) is 0 Å². The van der Waals surface area contributed by atoms with E-state index in [1.807, 2.05) is 6.08 Å².